The third-order valence-corrected chi connectivity index (χ3v) is 14.2. The van der Waals surface area contributed by atoms with Gasteiger partial charge in [0.15, 0.2) is 13.2 Å². The van der Waals surface area contributed by atoms with Gasteiger partial charge >= 0.3 is 17.9 Å². The second kappa shape index (κ2) is 24.2. The van der Waals surface area contributed by atoms with E-state index in [9.17, 15) is 14.4 Å². The molecule has 0 bridgehead atoms. The number of carbonyl (C=O) groups excluding carboxylic acids is 3. The molecule has 6 aromatic carbocycles. The minimum absolute atomic E-state index is 0.137. The van der Waals surface area contributed by atoms with Crippen molar-refractivity contribution in [1.29, 1.82) is 0 Å². The summed E-state index contributed by atoms with van der Waals surface area (Å²) in [7, 11) is 2.75. The van der Waals surface area contributed by atoms with Crippen LogP contribution in [-0.4, -0.2) is 50.9 Å². The lowest BCUT2D eigenvalue weighted by molar-refractivity contribution is -0.154. The predicted molar refractivity (Wildman–Crippen MR) is 291 cm³/mol. The zero-order valence-electron chi connectivity index (χ0n) is 46.3. The van der Waals surface area contributed by atoms with Gasteiger partial charge < -0.3 is 23.7 Å². The second-order valence-electron chi connectivity index (χ2n) is 20.6. The number of methoxy groups -OCH3 is 2. The van der Waals surface area contributed by atoms with E-state index in [2.05, 4.69) is 156 Å². The molecule has 0 aliphatic carbocycles. The van der Waals surface area contributed by atoms with Gasteiger partial charge in [-0.1, -0.05) is 79.7 Å². The molecule has 6 aromatic rings. The van der Waals surface area contributed by atoms with Gasteiger partial charge in [-0.3, -0.25) is 4.79 Å². The minimum atomic E-state index is -0.444. The zero-order chi connectivity index (χ0) is 53.4. The summed E-state index contributed by atoms with van der Waals surface area (Å²) < 4.78 is 27.6. The molecule has 0 aliphatic rings. The molecule has 0 N–H and O–H groups in total. The molecular formula is C64H78O8. The molecular weight excluding hydrogens is 897 g/mol. The Bertz CT molecular complexity index is 2560. The number of hydrogen-bond donors (Lipinski definition) is 0. The standard InChI is InChI=1S/C57H64O6.C7H14O2/c1-32-19-46(20-33(2)40(32)9)56(47-21-34(3)41(10)35(4)22-47)50-28-44(15-17-52(50)62-30-54(58)60-13)27-45-16-18-53(63-31-55(59)61-14)51(29-45)57(48-23-36(5)42(11)37(6)24-48)49-25-38(7)43(12)39(8)26-49;1-5-6(8)9-7(2,3)4/h15-26,28-29,56-57H,27,30-31H2,1-14H3;5H2,1-4H3. The highest BCUT2D eigenvalue weighted by Crippen LogP contribution is 2.43. The summed E-state index contributed by atoms with van der Waals surface area (Å²) in [6.07, 6.45) is 1.06. The maximum Gasteiger partial charge on any atom is 0.343 e. The molecule has 8 nitrogen and oxygen atoms in total. The molecule has 382 valence electrons. The molecule has 72 heavy (non-hydrogen) atoms. The molecule has 0 saturated heterocycles. The molecule has 0 aliphatic heterocycles. The number of hydrogen-bond acceptors (Lipinski definition) is 8. The number of ether oxygens (including phenoxy) is 5. The van der Waals surface area contributed by atoms with E-state index < -0.39 is 11.9 Å². The van der Waals surface area contributed by atoms with E-state index in [-0.39, 0.29) is 36.6 Å². The van der Waals surface area contributed by atoms with Gasteiger partial charge in [-0.05, 0) is 223 Å². The zero-order valence-corrected chi connectivity index (χ0v) is 46.3. The molecule has 6 rings (SSSR count). The number of carbonyl (C=O) groups is 3. The first kappa shape index (κ1) is 56.2. The van der Waals surface area contributed by atoms with Gasteiger partial charge in [-0.2, -0.15) is 0 Å². The average molecular weight is 975 g/mol. The van der Waals surface area contributed by atoms with Crippen LogP contribution in [0.25, 0.3) is 0 Å². The maximum atomic E-state index is 12.5. The molecule has 0 heterocycles. The molecule has 0 unspecified atom stereocenters. The highest BCUT2D eigenvalue weighted by molar-refractivity contribution is 5.72. The van der Waals surface area contributed by atoms with E-state index in [0.29, 0.717) is 24.3 Å². The largest absolute Gasteiger partial charge is 0.482 e. The molecule has 0 saturated carbocycles. The number of aryl methyl sites for hydroxylation is 8. The second-order valence-corrected chi connectivity index (χ2v) is 20.6. The maximum absolute atomic E-state index is 12.5. The number of esters is 3. The van der Waals surface area contributed by atoms with E-state index in [4.69, 9.17) is 23.7 Å². The molecule has 0 spiro atoms. The van der Waals surface area contributed by atoms with Gasteiger partial charge in [0.05, 0.1) is 14.2 Å². The van der Waals surface area contributed by atoms with Crippen LogP contribution in [0.2, 0.25) is 0 Å². The SMILES string of the molecule is CCC(=O)OC(C)(C)C.COC(=O)COc1ccc(Cc2ccc(OCC(=O)OC)c(C(c3cc(C)c(C)c(C)c3)c3cc(C)c(C)c(C)c3)c2)cc1C(c1cc(C)c(C)c(C)c1)c1cc(C)c(C)c(C)c1. The molecule has 8 heteroatoms. The normalized spacial score (nSPS) is 11.3. The Morgan fingerprint density at radius 3 is 0.931 bits per heavy atom. The lowest BCUT2D eigenvalue weighted by Crippen LogP contribution is -2.23. The smallest absolute Gasteiger partial charge is 0.343 e. The summed E-state index contributed by atoms with van der Waals surface area (Å²) in [4.78, 5) is 35.6. The Balaban J connectivity index is 0.000000973. The first-order valence-corrected chi connectivity index (χ1v) is 25.0. The van der Waals surface area contributed by atoms with Gasteiger partial charge in [0.25, 0.3) is 0 Å². The Kier molecular flexibility index (Phi) is 18.9. The van der Waals surface area contributed by atoms with Gasteiger partial charge in [0.2, 0.25) is 0 Å². The first-order chi connectivity index (χ1) is 33.8. The summed E-state index contributed by atoms with van der Waals surface area (Å²) in [6.45, 7) is 33.0. The fourth-order valence-electron chi connectivity index (χ4n) is 9.22. The third kappa shape index (κ3) is 14.1. The van der Waals surface area contributed by atoms with Crippen LogP contribution >= 0.6 is 0 Å². The summed E-state index contributed by atoms with van der Waals surface area (Å²) >= 11 is 0. The fraction of sp³-hybridized carbons (Fsp3) is 0.391. The van der Waals surface area contributed by atoms with E-state index in [1.54, 1.807) is 6.92 Å². The lowest BCUT2D eigenvalue weighted by atomic mass is 9.79. The monoisotopic (exact) mass is 975 g/mol. The van der Waals surface area contributed by atoms with Crippen molar-refractivity contribution >= 4 is 17.9 Å². The van der Waals surface area contributed by atoms with Gasteiger partial charge in [-0.15, -0.1) is 0 Å². The molecule has 0 atom stereocenters. The van der Waals surface area contributed by atoms with Crippen LogP contribution in [0, 0.1) is 83.1 Å². The van der Waals surface area contributed by atoms with Crippen molar-refractivity contribution in [3.63, 3.8) is 0 Å². The van der Waals surface area contributed by atoms with Crippen molar-refractivity contribution < 1.29 is 38.1 Å². The first-order valence-electron chi connectivity index (χ1n) is 25.0. The Labute approximate surface area is 430 Å². The van der Waals surface area contributed by atoms with E-state index in [1.807, 2.05) is 32.9 Å². The van der Waals surface area contributed by atoms with Crippen LogP contribution in [0.5, 0.6) is 11.5 Å². The highest BCUT2D eigenvalue weighted by Gasteiger charge is 2.27. The van der Waals surface area contributed by atoms with Gasteiger partial charge in [0.1, 0.15) is 17.1 Å². The summed E-state index contributed by atoms with van der Waals surface area (Å²) in [5.74, 6) is -0.151. The van der Waals surface area contributed by atoms with Gasteiger partial charge in [-0.25, -0.2) is 9.59 Å². The molecule has 0 radical (unpaired) electrons. The van der Waals surface area contributed by atoms with E-state index >= 15 is 0 Å². The summed E-state index contributed by atoms with van der Waals surface area (Å²) in [5.41, 5.74) is 23.2. The lowest BCUT2D eigenvalue weighted by Gasteiger charge is -2.26. The molecule has 0 aromatic heterocycles. The fourth-order valence-corrected chi connectivity index (χ4v) is 9.22. The van der Waals surface area contributed by atoms with Crippen LogP contribution in [-0.2, 0) is 35.0 Å². The van der Waals surface area contributed by atoms with Crippen molar-refractivity contribution in [3.8, 4) is 11.5 Å². The van der Waals surface area contributed by atoms with Crippen molar-refractivity contribution in [2.24, 2.45) is 0 Å². The van der Waals surface area contributed by atoms with Crippen LogP contribution < -0.4 is 9.47 Å². The third-order valence-electron chi connectivity index (χ3n) is 14.2. The van der Waals surface area contributed by atoms with Crippen LogP contribution in [0.3, 0.4) is 0 Å². The van der Waals surface area contributed by atoms with Gasteiger partial charge in [0, 0.05) is 29.4 Å². The summed E-state index contributed by atoms with van der Waals surface area (Å²) in [5, 5.41) is 0. The van der Waals surface area contributed by atoms with Crippen molar-refractivity contribution in [2.45, 2.75) is 141 Å². The Morgan fingerprint density at radius 1 is 0.431 bits per heavy atom. The minimum Gasteiger partial charge on any atom is -0.482 e. The molecule has 0 fully saturated rings. The van der Waals surface area contributed by atoms with Crippen molar-refractivity contribution in [3.05, 3.63) is 196 Å². The van der Waals surface area contributed by atoms with Crippen LogP contribution in [0.1, 0.15) is 157 Å². The Morgan fingerprint density at radius 2 is 0.708 bits per heavy atom. The Hall–Kier alpha value is -6.67. The van der Waals surface area contributed by atoms with E-state index in [1.165, 1.54) is 81.0 Å². The number of benzene rings is 6. The van der Waals surface area contributed by atoms with Crippen molar-refractivity contribution in [1.82, 2.24) is 0 Å². The van der Waals surface area contributed by atoms with Crippen LogP contribution in [0.15, 0.2) is 84.9 Å². The van der Waals surface area contributed by atoms with Crippen LogP contribution in [0.4, 0.5) is 0 Å². The number of rotatable bonds is 15. The van der Waals surface area contributed by atoms with E-state index in [0.717, 1.165) is 44.5 Å². The highest BCUT2D eigenvalue weighted by atomic mass is 16.6. The molecule has 0 amide bonds. The average Bonchev–Trinajstić information content (AvgIpc) is 3.32. The van der Waals surface area contributed by atoms with Crippen molar-refractivity contribution in [2.75, 3.05) is 27.4 Å². The quantitative estimate of drug-likeness (QED) is 0.0570. The topological polar surface area (TPSA) is 97.4 Å². The summed E-state index contributed by atoms with van der Waals surface area (Å²) in [6, 6.07) is 31.0. The predicted octanol–water partition coefficient (Wildman–Crippen LogP) is 14.2.